The van der Waals surface area contributed by atoms with Gasteiger partial charge in [0, 0.05) is 39.3 Å². The molecule has 29 heavy (non-hydrogen) atoms. The number of halogens is 2. The van der Waals surface area contributed by atoms with E-state index in [0.717, 1.165) is 17.7 Å². The van der Waals surface area contributed by atoms with Gasteiger partial charge in [0.2, 0.25) is 15.9 Å². The van der Waals surface area contributed by atoms with Crippen LogP contribution < -0.4 is 5.32 Å². The number of carbonyl (C=O) groups excluding carboxylic acids is 1. The monoisotopic (exact) mass is 423 g/mol. The van der Waals surface area contributed by atoms with Gasteiger partial charge in [-0.1, -0.05) is 12.1 Å². The largest absolute Gasteiger partial charge is 0.355 e. The summed E-state index contributed by atoms with van der Waals surface area (Å²) in [5.41, 5.74) is 0.739. The maximum absolute atomic E-state index is 13.0. The third kappa shape index (κ3) is 5.81. The fraction of sp³-hybridized carbons (Fsp3) is 0.350. The SMILES string of the molecule is O=C(Cc1ccc(F)cc1)NCCN1CCN(S(=O)(=O)c2ccc(F)cc2)CC1. The first-order chi connectivity index (χ1) is 13.8. The zero-order valence-corrected chi connectivity index (χ0v) is 16.7. The van der Waals surface area contributed by atoms with Crippen LogP contribution in [0.15, 0.2) is 53.4 Å². The number of nitrogens with zero attached hydrogens (tertiary/aromatic N) is 2. The lowest BCUT2D eigenvalue weighted by Gasteiger charge is -2.33. The van der Waals surface area contributed by atoms with E-state index in [0.29, 0.717) is 39.3 Å². The van der Waals surface area contributed by atoms with E-state index in [2.05, 4.69) is 10.2 Å². The molecular formula is C20H23F2N3O3S. The van der Waals surface area contributed by atoms with Crippen molar-refractivity contribution >= 4 is 15.9 Å². The van der Waals surface area contributed by atoms with Crippen LogP contribution in [0.5, 0.6) is 0 Å². The van der Waals surface area contributed by atoms with E-state index in [1.807, 2.05) is 0 Å². The predicted molar refractivity (Wildman–Crippen MR) is 105 cm³/mol. The molecule has 1 aliphatic heterocycles. The fourth-order valence-electron chi connectivity index (χ4n) is 3.15. The summed E-state index contributed by atoms with van der Waals surface area (Å²) in [4.78, 5) is 14.1. The molecule has 1 saturated heterocycles. The van der Waals surface area contributed by atoms with E-state index in [1.165, 1.54) is 28.6 Å². The van der Waals surface area contributed by atoms with Crippen molar-refractivity contribution in [2.45, 2.75) is 11.3 Å². The van der Waals surface area contributed by atoms with Crippen molar-refractivity contribution in [3.8, 4) is 0 Å². The molecule has 0 unspecified atom stereocenters. The van der Waals surface area contributed by atoms with Gasteiger partial charge in [0.1, 0.15) is 11.6 Å². The standard InChI is InChI=1S/C20H23F2N3O3S/c21-17-3-1-16(2-4-17)15-20(26)23-9-10-24-11-13-25(14-12-24)29(27,28)19-7-5-18(22)6-8-19/h1-8H,9-15H2,(H,23,26). The van der Waals surface area contributed by atoms with Crippen LogP contribution in [0.1, 0.15) is 5.56 Å². The van der Waals surface area contributed by atoms with E-state index >= 15 is 0 Å². The van der Waals surface area contributed by atoms with Crippen LogP contribution in [-0.2, 0) is 21.2 Å². The summed E-state index contributed by atoms with van der Waals surface area (Å²) in [7, 11) is -3.63. The van der Waals surface area contributed by atoms with Gasteiger partial charge in [0.25, 0.3) is 0 Å². The van der Waals surface area contributed by atoms with Gasteiger partial charge < -0.3 is 5.32 Å². The molecule has 1 fully saturated rings. The number of hydrogen-bond acceptors (Lipinski definition) is 4. The maximum Gasteiger partial charge on any atom is 0.243 e. The quantitative estimate of drug-likeness (QED) is 0.735. The van der Waals surface area contributed by atoms with Crippen LogP contribution in [-0.4, -0.2) is 62.8 Å². The molecule has 0 spiro atoms. The van der Waals surface area contributed by atoms with Gasteiger partial charge in [-0.3, -0.25) is 9.69 Å². The first-order valence-corrected chi connectivity index (χ1v) is 10.8. The fourth-order valence-corrected chi connectivity index (χ4v) is 4.57. The minimum atomic E-state index is -3.63. The molecule has 3 rings (SSSR count). The Bertz CT molecular complexity index is 926. The normalized spacial score (nSPS) is 15.9. The van der Waals surface area contributed by atoms with Crippen LogP contribution in [0.25, 0.3) is 0 Å². The Kier molecular flexibility index (Phi) is 6.94. The molecule has 2 aromatic carbocycles. The van der Waals surface area contributed by atoms with Gasteiger partial charge in [-0.2, -0.15) is 4.31 Å². The number of rotatable bonds is 7. The molecule has 0 aliphatic carbocycles. The van der Waals surface area contributed by atoms with Crippen molar-refractivity contribution in [2.75, 3.05) is 39.3 Å². The summed E-state index contributed by atoms with van der Waals surface area (Å²) < 4.78 is 52.5. The Morgan fingerprint density at radius 3 is 2.03 bits per heavy atom. The van der Waals surface area contributed by atoms with E-state index in [9.17, 15) is 22.0 Å². The van der Waals surface area contributed by atoms with Gasteiger partial charge >= 0.3 is 0 Å². The zero-order valence-electron chi connectivity index (χ0n) is 15.9. The minimum Gasteiger partial charge on any atom is -0.355 e. The summed E-state index contributed by atoms with van der Waals surface area (Å²) in [6.07, 6.45) is 0.184. The number of piperazine rings is 1. The van der Waals surface area contributed by atoms with E-state index < -0.39 is 15.8 Å². The molecule has 1 aliphatic rings. The number of carbonyl (C=O) groups is 1. The van der Waals surface area contributed by atoms with Gasteiger partial charge in [-0.15, -0.1) is 0 Å². The number of sulfonamides is 1. The van der Waals surface area contributed by atoms with Crippen LogP contribution in [0, 0.1) is 11.6 Å². The lowest BCUT2D eigenvalue weighted by molar-refractivity contribution is -0.120. The number of amides is 1. The summed E-state index contributed by atoms with van der Waals surface area (Å²) >= 11 is 0. The molecule has 156 valence electrons. The first kappa shape index (κ1) is 21.4. The molecule has 1 N–H and O–H groups in total. The average molecular weight is 423 g/mol. The van der Waals surface area contributed by atoms with E-state index in [-0.39, 0.29) is 23.0 Å². The maximum atomic E-state index is 13.0. The van der Waals surface area contributed by atoms with Gasteiger partial charge in [-0.25, -0.2) is 17.2 Å². The van der Waals surface area contributed by atoms with Crippen molar-refractivity contribution in [1.82, 2.24) is 14.5 Å². The van der Waals surface area contributed by atoms with Crippen molar-refractivity contribution in [1.29, 1.82) is 0 Å². The highest BCUT2D eigenvalue weighted by molar-refractivity contribution is 7.89. The Morgan fingerprint density at radius 2 is 1.45 bits per heavy atom. The molecule has 0 saturated carbocycles. The van der Waals surface area contributed by atoms with Crippen LogP contribution in [0.4, 0.5) is 8.78 Å². The summed E-state index contributed by atoms with van der Waals surface area (Å²) in [5.74, 6) is -0.959. The number of benzene rings is 2. The molecule has 0 atom stereocenters. The Hall–Kier alpha value is -2.36. The second-order valence-corrected chi connectivity index (χ2v) is 8.79. The molecule has 0 radical (unpaired) electrons. The van der Waals surface area contributed by atoms with Crippen LogP contribution in [0.3, 0.4) is 0 Å². The van der Waals surface area contributed by atoms with Crippen molar-refractivity contribution in [2.24, 2.45) is 0 Å². The third-order valence-corrected chi connectivity index (χ3v) is 6.72. The Balaban J connectivity index is 1.41. The lowest BCUT2D eigenvalue weighted by atomic mass is 10.1. The highest BCUT2D eigenvalue weighted by Gasteiger charge is 2.28. The van der Waals surface area contributed by atoms with Gasteiger partial charge in [0.15, 0.2) is 0 Å². The zero-order chi connectivity index (χ0) is 20.9. The van der Waals surface area contributed by atoms with Crippen molar-refractivity contribution in [3.63, 3.8) is 0 Å². The molecule has 0 aromatic heterocycles. The summed E-state index contributed by atoms with van der Waals surface area (Å²) in [6, 6.07) is 10.6. The molecule has 9 heteroatoms. The highest BCUT2D eigenvalue weighted by atomic mass is 32.2. The molecule has 1 heterocycles. The third-order valence-electron chi connectivity index (χ3n) is 4.81. The second-order valence-electron chi connectivity index (χ2n) is 6.85. The Labute approximate surface area is 169 Å². The van der Waals surface area contributed by atoms with Crippen molar-refractivity contribution < 1.29 is 22.0 Å². The number of hydrogen-bond donors (Lipinski definition) is 1. The number of nitrogens with one attached hydrogen (secondary N) is 1. The highest BCUT2D eigenvalue weighted by Crippen LogP contribution is 2.17. The topological polar surface area (TPSA) is 69.7 Å². The average Bonchev–Trinajstić information content (AvgIpc) is 2.70. The summed E-state index contributed by atoms with van der Waals surface area (Å²) in [6.45, 7) is 2.83. The van der Waals surface area contributed by atoms with Gasteiger partial charge in [0.05, 0.1) is 11.3 Å². The molecular weight excluding hydrogens is 400 g/mol. The van der Waals surface area contributed by atoms with E-state index in [4.69, 9.17) is 0 Å². The minimum absolute atomic E-state index is 0.0837. The van der Waals surface area contributed by atoms with Crippen molar-refractivity contribution in [3.05, 3.63) is 65.7 Å². The van der Waals surface area contributed by atoms with Crippen LogP contribution in [0.2, 0.25) is 0 Å². The first-order valence-electron chi connectivity index (χ1n) is 9.34. The summed E-state index contributed by atoms with van der Waals surface area (Å²) in [5, 5.41) is 2.82. The lowest BCUT2D eigenvalue weighted by Crippen LogP contribution is -2.50. The molecule has 2 aromatic rings. The van der Waals surface area contributed by atoms with Crippen LogP contribution >= 0.6 is 0 Å². The van der Waals surface area contributed by atoms with Gasteiger partial charge in [-0.05, 0) is 42.0 Å². The molecule has 1 amide bonds. The smallest absolute Gasteiger partial charge is 0.243 e. The second kappa shape index (κ2) is 9.43. The van der Waals surface area contributed by atoms with E-state index in [1.54, 1.807) is 12.1 Å². The Morgan fingerprint density at radius 1 is 0.897 bits per heavy atom. The molecule has 0 bridgehead atoms. The molecule has 6 nitrogen and oxygen atoms in total. The predicted octanol–water partition coefficient (Wildman–Crippen LogP) is 1.63.